The number of aliphatic hydroxyl groups excluding tert-OH is 1. The van der Waals surface area contributed by atoms with Crippen LogP contribution in [0.25, 0.3) is 0 Å². The van der Waals surface area contributed by atoms with Crippen molar-refractivity contribution in [1.29, 1.82) is 0 Å². The van der Waals surface area contributed by atoms with Gasteiger partial charge in [-0.1, -0.05) is 13.8 Å². The summed E-state index contributed by atoms with van der Waals surface area (Å²) in [5, 5.41) is 13.1. The van der Waals surface area contributed by atoms with Crippen molar-refractivity contribution in [1.82, 2.24) is 5.32 Å². The normalized spacial score (nSPS) is 47.8. The van der Waals surface area contributed by atoms with Crippen LogP contribution in [0, 0.1) is 29.1 Å². The number of fused-ring (bicyclic) bond motifs is 5. The maximum Gasteiger partial charge on any atom is 0.0496 e. The van der Waals surface area contributed by atoms with E-state index in [4.69, 9.17) is 0 Å². The van der Waals surface area contributed by atoms with Crippen LogP contribution in [0.4, 0.5) is 0 Å². The molecule has 16 heavy (non-hydrogen) atoms. The molecule has 5 unspecified atom stereocenters. The Bertz CT molecular complexity index is 258. The third-order valence-corrected chi connectivity index (χ3v) is 5.74. The van der Waals surface area contributed by atoms with Crippen molar-refractivity contribution in [3.63, 3.8) is 0 Å². The van der Waals surface area contributed by atoms with E-state index in [1.54, 1.807) is 0 Å². The lowest BCUT2D eigenvalue weighted by Crippen LogP contribution is -2.37. The quantitative estimate of drug-likeness (QED) is 0.747. The van der Waals surface area contributed by atoms with E-state index in [1.165, 1.54) is 19.3 Å². The summed E-state index contributed by atoms with van der Waals surface area (Å²) in [6, 6.07) is 0.809. The molecule has 0 radical (unpaired) electrons. The molecule has 0 aromatic rings. The Hall–Kier alpha value is -0.0800. The van der Waals surface area contributed by atoms with Gasteiger partial charge >= 0.3 is 0 Å². The van der Waals surface area contributed by atoms with Gasteiger partial charge in [-0.2, -0.15) is 0 Å². The van der Waals surface area contributed by atoms with E-state index in [0.29, 0.717) is 6.61 Å². The Kier molecular flexibility index (Phi) is 2.56. The minimum Gasteiger partial charge on any atom is -0.396 e. The zero-order valence-electron chi connectivity index (χ0n) is 10.6. The fourth-order valence-electron chi connectivity index (χ4n) is 4.26. The molecule has 0 amide bonds. The van der Waals surface area contributed by atoms with E-state index in [0.717, 1.165) is 42.7 Å². The zero-order chi connectivity index (χ0) is 11.3. The molecule has 2 bridgehead atoms. The fourth-order valence-corrected chi connectivity index (χ4v) is 4.26. The summed E-state index contributed by atoms with van der Waals surface area (Å²) in [5.74, 6) is 4.13. The van der Waals surface area contributed by atoms with Crippen molar-refractivity contribution in [3.8, 4) is 0 Å². The standard InChI is InChI=1S/C14H25NO/c1-3-14(2,8-16)7-15-13-11-9-4-5-10(6-9)12(11)13/h9-13,15-16H,3-8H2,1-2H3. The van der Waals surface area contributed by atoms with E-state index >= 15 is 0 Å². The monoisotopic (exact) mass is 223 g/mol. The second-order valence-corrected chi connectivity index (χ2v) is 6.72. The van der Waals surface area contributed by atoms with Crippen LogP contribution in [0.2, 0.25) is 0 Å². The highest BCUT2D eigenvalue weighted by Crippen LogP contribution is 2.65. The van der Waals surface area contributed by atoms with Gasteiger partial charge in [0.05, 0.1) is 0 Å². The molecule has 0 saturated heterocycles. The first-order valence-corrected chi connectivity index (χ1v) is 7.03. The molecular weight excluding hydrogens is 198 g/mol. The Labute approximate surface area is 98.8 Å². The Morgan fingerprint density at radius 2 is 1.88 bits per heavy atom. The van der Waals surface area contributed by atoms with Gasteiger partial charge in [0.25, 0.3) is 0 Å². The molecule has 0 aliphatic heterocycles. The van der Waals surface area contributed by atoms with Crippen LogP contribution in [0.5, 0.6) is 0 Å². The molecule has 3 aliphatic carbocycles. The predicted octanol–water partition coefficient (Wildman–Crippen LogP) is 2.03. The van der Waals surface area contributed by atoms with E-state index < -0.39 is 0 Å². The highest BCUT2D eigenvalue weighted by atomic mass is 16.3. The summed E-state index contributed by atoms with van der Waals surface area (Å²) in [5.41, 5.74) is 0.0932. The molecule has 0 aromatic carbocycles. The molecule has 3 rings (SSSR count). The molecule has 0 spiro atoms. The van der Waals surface area contributed by atoms with Crippen molar-refractivity contribution in [2.24, 2.45) is 29.1 Å². The van der Waals surface area contributed by atoms with Gasteiger partial charge in [0, 0.05) is 24.6 Å². The highest BCUT2D eigenvalue weighted by Gasteiger charge is 2.64. The third kappa shape index (κ3) is 1.53. The molecule has 0 heterocycles. The minimum absolute atomic E-state index is 0.0932. The van der Waals surface area contributed by atoms with Gasteiger partial charge in [-0.05, 0) is 49.4 Å². The second-order valence-electron chi connectivity index (χ2n) is 6.72. The molecule has 3 fully saturated rings. The van der Waals surface area contributed by atoms with Gasteiger partial charge < -0.3 is 10.4 Å². The number of nitrogens with one attached hydrogen (secondary N) is 1. The van der Waals surface area contributed by atoms with Gasteiger partial charge in [-0.3, -0.25) is 0 Å². The van der Waals surface area contributed by atoms with Crippen LogP contribution in [0.15, 0.2) is 0 Å². The summed E-state index contributed by atoms with van der Waals surface area (Å²) in [4.78, 5) is 0. The average Bonchev–Trinajstić information content (AvgIpc) is 2.71. The van der Waals surface area contributed by atoms with Crippen molar-refractivity contribution in [3.05, 3.63) is 0 Å². The van der Waals surface area contributed by atoms with Crippen LogP contribution < -0.4 is 5.32 Å². The smallest absolute Gasteiger partial charge is 0.0496 e. The first-order valence-electron chi connectivity index (χ1n) is 7.03. The van der Waals surface area contributed by atoms with Crippen LogP contribution in [0.3, 0.4) is 0 Å². The molecule has 5 atom stereocenters. The van der Waals surface area contributed by atoms with Crippen LogP contribution >= 0.6 is 0 Å². The fraction of sp³-hybridized carbons (Fsp3) is 1.00. The van der Waals surface area contributed by atoms with Crippen molar-refractivity contribution in [2.75, 3.05) is 13.2 Å². The first kappa shape index (κ1) is 11.0. The number of hydrogen-bond acceptors (Lipinski definition) is 2. The Balaban J connectivity index is 1.52. The molecule has 2 heteroatoms. The number of hydrogen-bond donors (Lipinski definition) is 2. The highest BCUT2D eigenvalue weighted by molar-refractivity contribution is 5.16. The van der Waals surface area contributed by atoms with Crippen molar-refractivity contribution in [2.45, 2.75) is 45.6 Å². The lowest BCUT2D eigenvalue weighted by atomic mass is 9.88. The average molecular weight is 223 g/mol. The lowest BCUT2D eigenvalue weighted by Gasteiger charge is -2.26. The maximum absolute atomic E-state index is 9.40. The van der Waals surface area contributed by atoms with E-state index in [2.05, 4.69) is 19.2 Å². The van der Waals surface area contributed by atoms with Crippen LogP contribution in [-0.2, 0) is 0 Å². The van der Waals surface area contributed by atoms with Gasteiger partial charge in [0.1, 0.15) is 0 Å². The van der Waals surface area contributed by atoms with E-state index in [9.17, 15) is 5.11 Å². The van der Waals surface area contributed by atoms with Crippen LogP contribution in [0.1, 0.15) is 39.5 Å². The summed E-state index contributed by atoms with van der Waals surface area (Å²) < 4.78 is 0. The zero-order valence-corrected chi connectivity index (χ0v) is 10.6. The van der Waals surface area contributed by atoms with Gasteiger partial charge in [0.2, 0.25) is 0 Å². The number of aliphatic hydroxyl groups is 1. The predicted molar refractivity (Wildman–Crippen MR) is 65.1 cm³/mol. The second kappa shape index (κ2) is 3.71. The van der Waals surface area contributed by atoms with Gasteiger partial charge in [-0.15, -0.1) is 0 Å². The minimum atomic E-state index is 0.0932. The summed E-state index contributed by atoms with van der Waals surface area (Å²) >= 11 is 0. The number of rotatable bonds is 5. The van der Waals surface area contributed by atoms with Crippen molar-refractivity contribution >= 4 is 0 Å². The molecular formula is C14H25NO. The molecule has 2 N–H and O–H groups in total. The van der Waals surface area contributed by atoms with Gasteiger partial charge in [-0.25, -0.2) is 0 Å². The van der Waals surface area contributed by atoms with E-state index in [-0.39, 0.29) is 5.41 Å². The van der Waals surface area contributed by atoms with Crippen LogP contribution in [-0.4, -0.2) is 24.3 Å². The summed E-state index contributed by atoms with van der Waals surface area (Å²) in [6.07, 6.45) is 5.58. The molecule has 92 valence electrons. The van der Waals surface area contributed by atoms with Gasteiger partial charge in [0.15, 0.2) is 0 Å². The SMILES string of the molecule is CCC(C)(CO)CNC1C2C3CCC(C3)C12. The third-order valence-electron chi connectivity index (χ3n) is 5.74. The van der Waals surface area contributed by atoms with Crippen molar-refractivity contribution < 1.29 is 5.11 Å². The molecule has 0 aromatic heterocycles. The summed E-state index contributed by atoms with van der Waals surface area (Å²) in [6.45, 7) is 5.67. The molecule has 3 aliphatic rings. The lowest BCUT2D eigenvalue weighted by molar-refractivity contribution is 0.133. The Morgan fingerprint density at radius 3 is 2.38 bits per heavy atom. The maximum atomic E-state index is 9.40. The first-order chi connectivity index (χ1) is 7.68. The largest absolute Gasteiger partial charge is 0.396 e. The molecule has 3 saturated carbocycles. The summed E-state index contributed by atoms with van der Waals surface area (Å²) in [7, 11) is 0. The van der Waals surface area contributed by atoms with E-state index in [1.807, 2.05) is 0 Å². The topological polar surface area (TPSA) is 32.3 Å². The Morgan fingerprint density at radius 1 is 1.25 bits per heavy atom. The molecule has 2 nitrogen and oxygen atoms in total.